The summed E-state index contributed by atoms with van der Waals surface area (Å²) in [5.41, 5.74) is 6.44. The molecule has 9 heteroatoms. The second-order valence-corrected chi connectivity index (χ2v) is 7.15. The highest BCUT2D eigenvalue weighted by atomic mass is 35.5. The molecule has 0 fully saturated rings. The van der Waals surface area contributed by atoms with E-state index >= 15 is 0 Å². The molecule has 0 aliphatic heterocycles. The van der Waals surface area contributed by atoms with Crippen LogP contribution < -0.4 is 16.4 Å². The zero-order valence-electron chi connectivity index (χ0n) is 16.2. The maximum absolute atomic E-state index is 12.4. The van der Waals surface area contributed by atoms with E-state index in [1.807, 2.05) is 27.7 Å². The fraction of sp³-hybridized carbons (Fsp3) is 0.500. The third-order valence-corrected chi connectivity index (χ3v) is 4.36. The summed E-state index contributed by atoms with van der Waals surface area (Å²) in [6, 6.07) is 4.02. The minimum atomic E-state index is -0.682. The van der Waals surface area contributed by atoms with Crippen LogP contribution in [0.4, 0.5) is 5.69 Å². The largest absolute Gasteiger partial charge is 0.346 e. The molecular formula is C18H28Cl2N4O3. The van der Waals surface area contributed by atoms with Gasteiger partial charge >= 0.3 is 0 Å². The van der Waals surface area contributed by atoms with Crippen molar-refractivity contribution in [2.45, 2.75) is 39.8 Å². The highest BCUT2D eigenvalue weighted by Crippen LogP contribution is 2.24. The quantitative estimate of drug-likeness (QED) is 0.631. The first kappa shape index (κ1) is 25.2. The minimum Gasteiger partial charge on any atom is -0.346 e. The van der Waals surface area contributed by atoms with Crippen molar-refractivity contribution in [3.8, 4) is 0 Å². The maximum Gasteiger partial charge on any atom is 0.253 e. The second-order valence-electron chi connectivity index (χ2n) is 6.74. The summed E-state index contributed by atoms with van der Waals surface area (Å²) >= 11 is 6.09. The fourth-order valence-electron chi connectivity index (χ4n) is 1.97. The van der Waals surface area contributed by atoms with Gasteiger partial charge in [-0.3, -0.25) is 14.4 Å². The van der Waals surface area contributed by atoms with E-state index in [4.69, 9.17) is 17.3 Å². The summed E-state index contributed by atoms with van der Waals surface area (Å²) < 4.78 is 0. The van der Waals surface area contributed by atoms with Crippen molar-refractivity contribution >= 4 is 47.4 Å². The lowest BCUT2D eigenvalue weighted by Crippen LogP contribution is -2.46. The first-order valence-corrected chi connectivity index (χ1v) is 8.82. The summed E-state index contributed by atoms with van der Waals surface area (Å²) in [5, 5.41) is 5.38. The van der Waals surface area contributed by atoms with Gasteiger partial charge in [0, 0.05) is 18.7 Å². The van der Waals surface area contributed by atoms with Crippen LogP contribution in [0, 0.1) is 5.92 Å². The number of carbonyl (C=O) groups excluding carboxylic acids is 3. The minimum absolute atomic E-state index is 0. The summed E-state index contributed by atoms with van der Waals surface area (Å²) in [6.45, 7) is 7.21. The Morgan fingerprint density at radius 2 is 1.78 bits per heavy atom. The molecule has 0 aliphatic rings. The van der Waals surface area contributed by atoms with Gasteiger partial charge in [-0.15, -0.1) is 12.4 Å². The fourth-order valence-corrected chi connectivity index (χ4v) is 2.14. The first-order chi connectivity index (χ1) is 12.0. The molecule has 1 aromatic carbocycles. The molecule has 152 valence electrons. The molecule has 0 spiro atoms. The van der Waals surface area contributed by atoms with Crippen LogP contribution in [-0.4, -0.2) is 48.3 Å². The molecule has 1 rings (SSSR count). The highest BCUT2D eigenvalue weighted by Gasteiger charge is 2.19. The number of nitrogens with one attached hydrogen (secondary N) is 2. The third kappa shape index (κ3) is 7.36. The number of hydrogen-bond donors (Lipinski definition) is 3. The van der Waals surface area contributed by atoms with Crippen LogP contribution in [0.3, 0.4) is 0 Å². The summed E-state index contributed by atoms with van der Waals surface area (Å²) in [4.78, 5) is 37.8. The molecule has 3 amide bonds. The zero-order chi connectivity index (χ0) is 20.0. The average Bonchev–Trinajstić information content (AvgIpc) is 2.59. The van der Waals surface area contributed by atoms with Crippen molar-refractivity contribution in [1.82, 2.24) is 10.2 Å². The Kier molecular flexibility index (Phi) is 10.4. The predicted octanol–water partition coefficient (Wildman–Crippen LogP) is 2.28. The smallest absolute Gasteiger partial charge is 0.253 e. The van der Waals surface area contributed by atoms with E-state index in [0.29, 0.717) is 16.3 Å². The lowest BCUT2D eigenvalue weighted by molar-refractivity contribution is -0.125. The molecule has 1 atom stereocenters. The van der Waals surface area contributed by atoms with Crippen LogP contribution in [0.2, 0.25) is 5.02 Å². The van der Waals surface area contributed by atoms with E-state index in [9.17, 15) is 14.4 Å². The Balaban J connectivity index is 0.00000676. The molecule has 1 aromatic rings. The van der Waals surface area contributed by atoms with Crippen molar-refractivity contribution in [3.05, 3.63) is 28.8 Å². The standard InChI is InChI=1S/C18H27ClN4O3.ClH/c1-10(2)16(20)17(25)21-9-15(24)22-14-8-12(6-7-13(14)19)18(26)23(5)11(3)4;/h6-8,10-11,16H,9,20H2,1-5H3,(H,21,25)(H,22,24);1H/t16-;/m0./s1. The topological polar surface area (TPSA) is 105 Å². The van der Waals surface area contributed by atoms with Gasteiger partial charge in [0.15, 0.2) is 0 Å². The van der Waals surface area contributed by atoms with Gasteiger partial charge in [-0.05, 0) is 38.0 Å². The Labute approximate surface area is 171 Å². The van der Waals surface area contributed by atoms with Crippen LogP contribution in [0.15, 0.2) is 18.2 Å². The second kappa shape index (κ2) is 11.1. The number of nitrogens with two attached hydrogens (primary N) is 1. The zero-order valence-corrected chi connectivity index (χ0v) is 17.8. The van der Waals surface area contributed by atoms with E-state index in [-0.39, 0.29) is 36.8 Å². The van der Waals surface area contributed by atoms with Crippen LogP contribution in [0.5, 0.6) is 0 Å². The van der Waals surface area contributed by atoms with Crippen molar-refractivity contribution in [2.24, 2.45) is 11.7 Å². The summed E-state index contributed by atoms with van der Waals surface area (Å²) in [7, 11) is 1.70. The molecule has 4 N–H and O–H groups in total. The number of rotatable bonds is 7. The monoisotopic (exact) mass is 418 g/mol. The molecule has 0 aliphatic carbocycles. The first-order valence-electron chi connectivity index (χ1n) is 8.44. The van der Waals surface area contributed by atoms with E-state index < -0.39 is 17.9 Å². The number of hydrogen-bond acceptors (Lipinski definition) is 4. The van der Waals surface area contributed by atoms with Gasteiger partial charge < -0.3 is 21.3 Å². The van der Waals surface area contributed by atoms with Gasteiger partial charge in [0.2, 0.25) is 11.8 Å². The van der Waals surface area contributed by atoms with Gasteiger partial charge in [-0.2, -0.15) is 0 Å². The molecule has 0 saturated carbocycles. The van der Waals surface area contributed by atoms with Crippen molar-refractivity contribution in [3.63, 3.8) is 0 Å². The number of anilines is 1. The Bertz CT molecular complexity index is 681. The SMILES string of the molecule is CC(C)[C@H](N)C(=O)NCC(=O)Nc1cc(C(=O)N(C)C(C)C)ccc1Cl.Cl. The number of nitrogens with zero attached hydrogens (tertiary/aromatic N) is 1. The third-order valence-electron chi connectivity index (χ3n) is 4.03. The van der Waals surface area contributed by atoms with Crippen LogP contribution >= 0.6 is 24.0 Å². The molecule has 0 aromatic heterocycles. The normalized spacial score (nSPS) is 11.6. The van der Waals surface area contributed by atoms with Crippen molar-refractivity contribution in [2.75, 3.05) is 18.9 Å². The number of amides is 3. The van der Waals surface area contributed by atoms with E-state index in [1.165, 1.54) is 6.07 Å². The van der Waals surface area contributed by atoms with E-state index in [1.54, 1.807) is 24.1 Å². The number of carbonyl (C=O) groups is 3. The van der Waals surface area contributed by atoms with Crippen molar-refractivity contribution < 1.29 is 14.4 Å². The summed E-state index contributed by atoms with van der Waals surface area (Å²) in [5.74, 6) is -1.07. The molecule has 0 unspecified atom stereocenters. The lowest BCUT2D eigenvalue weighted by atomic mass is 10.1. The maximum atomic E-state index is 12.4. The molecule has 0 bridgehead atoms. The molecule has 0 radical (unpaired) electrons. The van der Waals surface area contributed by atoms with Crippen LogP contribution in [-0.2, 0) is 9.59 Å². The molecule has 0 heterocycles. The van der Waals surface area contributed by atoms with Gasteiger partial charge in [-0.1, -0.05) is 25.4 Å². The van der Waals surface area contributed by atoms with Gasteiger partial charge in [-0.25, -0.2) is 0 Å². The van der Waals surface area contributed by atoms with Crippen molar-refractivity contribution in [1.29, 1.82) is 0 Å². The van der Waals surface area contributed by atoms with Crippen LogP contribution in [0.25, 0.3) is 0 Å². The van der Waals surface area contributed by atoms with Gasteiger partial charge in [0.05, 0.1) is 23.3 Å². The van der Waals surface area contributed by atoms with E-state index in [2.05, 4.69) is 10.6 Å². The number of benzene rings is 1. The molecule has 27 heavy (non-hydrogen) atoms. The number of halogens is 2. The molecule has 0 saturated heterocycles. The highest BCUT2D eigenvalue weighted by molar-refractivity contribution is 6.34. The van der Waals surface area contributed by atoms with E-state index in [0.717, 1.165) is 0 Å². The Morgan fingerprint density at radius 1 is 1.19 bits per heavy atom. The average molecular weight is 419 g/mol. The summed E-state index contributed by atoms with van der Waals surface area (Å²) in [6.07, 6.45) is 0. The van der Waals surface area contributed by atoms with Gasteiger partial charge in [0.1, 0.15) is 0 Å². The van der Waals surface area contributed by atoms with Crippen LogP contribution in [0.1, 0.15) is 38.1 Å². The lowest BCUT2D eigenvalue weighted by Gasteiger charge is -2.22. The Morgan fingerprint density at radius 3 is 2.30 bits per heavy atom. The Hall–Kier alpha value is -1.83. The molecular weight excluding hydrogens is 391 g/mol. The molecule has 7 nitrogen and oxygen atoms in total. The predicted molar refractivity (Wildman–Crippen MR) is 110 cm³/mol. The van der Waals surface area contributed by atoms with Gasteiger partial charge in [0.25, 0.3) is 5.91 Å².